The number of nitrogens with one attached hydrogen (secondary N) is 3. The Kier molecular flexibility index (Phi) is 8.89. The molecule has 1 aromatic rings. The molecule has 0 spiro atoms. The molecule has 0 saturated carbocycles. The zero-order valence-electron chi connectivity index (χ0n) is 15.6. The van der Waals surface area contributed by atoms with Crippen LogP contribution in [0.5, 0.6) is 0 Å². The monoisotopic (exact) mass is 399 g/mol. The largest absolute Gasteiger partial charge is 0.454 e. The first-order valence-electron chi connectivity index (χ1n) is 8.47. The minimum Gasteiger partial charge on any atom is -0.454 e. The van der Waals surface area contributed by atoms with Gasteiger partial charge in [-0.3, -0.25) is 14.4 Å². The fourth-order valence-corrected chi connectivity index (χ4v) is 3.47. The molecular formula is C17H25N3O6S. The van der Waals surface area contributed by atoms with Crippen molar-refractivity contribution in [3.63, 3.8) is 0 Å². The Morgan fingerprint density at radius 2 is 1.78 bits per heavy atom. The van der Waals surface area contributed by atoms with Crippen LogP contribution in [0.3, 0.4) is 0 Å². The number of rotatable bonds is 10. The maximum atomic E-state index is 11.9. The number of anilines is 2. The summed E-state index contributed by atoms with van der Waals surface area (Å²) in [4.78, 5) is 34.8. The first kappa shape index (κ1) is 22.6. The van der Waals surface area contributed by atoms with Crippen molar-refractivity contribution in [2.24, 2.45) is 0 Å². The van der Waals surface area contributed by atoms with Gasteiger partial charge in [0.25, 0.3) is 5.91 Å². The number of sulfonamides is 1. The lowest BCUT2D eigenvalue weighted by molar-refractivity contribution is -0.148. The predicted molar refractivity (Wildman–Crippen MR) is 102 cm³/mol. The molecule has 0 bridgehead atoms. The van der Waals surface area contributed by atoms with E-state index in [4.69, 9.17) is 4.74 Å². The second-order valence-corrected chi connectivity index (χ2v) is 7.80. The molecule has 1 rings (SSSR count). The Balaban J connectivity index is 2.49. The van der Waals surface area contributed by atoms with Crippen LogP contribution in [0.25, 0.3) is 0 Å². The van der Waals surface area contributed by atoms with Gasteiger partial charge in [0.15, 0.2) is 6.61 Å². The minimum absolute atomic E-state index is 0.0771. The van der Waals surface area contributed by atoms with Crippen molar-refractivity contribution in [1.82, 2.24) is 4.72 Å². The summed E-state index contributed by atoms with van der Waals surface area (Å²) in [5.74, 6) is -1.77. The molecule has 3 N–H and O–H groups in total. The van der Waals surface area contributed by atoms with Crippen LogP contribution in [-0.4, -0.2) is 44.6 Å². The second-order valence-electron chi connectivity index (χ2n) is 5.93. The van der Waals surface area contributed by atoms with Crippen LogP contribution in [0.1, 0.15) is 33.6 Å². The van der Waals surface area contributed by atoms with Gasteiger partial charge < -0.3 is 15.4 Å². The smallest absolute Gasteiger partial charge is 0.324 e. The van der Waals surface area contributed by atoms with Gasteiger partial charge in [0.2, 0.25) is 15.9 Å². The number of carbonyl (C=O) groups excluding carboxylic acids is 3. The van der Waals surface area contributed by atoms with Crippen LogP contribution >= 0.6 is 0 Å². The average Bonchev–Trinajstić information content (AvgIpc) is 2.57. The number of esters is 1. The lowest BCUT2D eigenvalue weighted by Crippen LogP contribution is -2.41. The molecule has 0 aromatic heterocycles. The second kappa shape index (κ2) is 10.6. The first-order valence-corrected chi connectivity index (χ1v) is 10.1. The third-order valence-electron chi connectivity index (χ3n) is 3.29. The van der Waals surface area contributed by atoms with Crippen LogP contribution in [0.2, 0.25) is 0 Å². The van der Waals surface area contributed by atoms with Gasteiger partial charge in [-0.2, -0.15) is 0 Å². The summed E-state index contributed by atoms with van der Waals surface area (Å²) >= 11 is 0. The number of hydrogen-bond acceptors (Lipinski definition) is 6. The quantitative estimate of drug-likeness (QED) is 0.507. The molecule has 0 aliphatic rings. The lowest BCUT2D eigenvalue weighted by Gasteiger charge is -2.13. The molecule has 1 aromatic carbocycles. The summed E-state index contributed by atoms with van der Waals surface area (Å²) in [6.45, 7) is 4.00. The third kappa shape index (κ3) is 9.15. The van der Waals surface area contributed by atoms with Crippen molar-refractivity contribution in [3.8, 4) is 0 Å². The maximum absolute atomic E-state index is 11.9. The maximum Gasteiger partial charge on any atom is 0.324 e. The van der Waals surface area contributed by atoms with Gasteiger partial charge in [0.1, 0.15) is 6.04 Å². The molecule has 27 heavy (non-hydrogen) atoms. The molecule has 0 unspecified atom stereocenters. The molecule has 0 aliphatic carbocycles. The highest BCUT2D eigenvalue weighted by atomic mass is 32.2. The molecule has 0 fully saturated rings. The molecule has 0 saturated heterocycles. The number of unbranched alkanes of at least 4 members (excludes halogenated alkanes) is 1. The van der Waals surface area contributed by atoms with Crippen LogP contribution in [0.15, 0.2) is 24.3 Å². The number of benzene rings is 1. The normalized spacial score (nSPS) is 12.1. The van der Waals surface area contributed by atoms with E-state index < -0.39 is 34.5 Å². The molecule has 0 radical (unpaired) electrons. The van der Waals surface area contributed by atoms with Crippen molar-refractivity contribution in [1.29, 1.82) is 0 Å². The zero-order valence-corrected chi connectivity index (χ0v) is 16.4. The summed E-state index contributed by atoms with van der Waals surface area (Å²) in [5.41, 5.74) is 0.919. The van der Waals surface area contributed by atoms with E-state index in [1.165, 1.54) is 13.8 Å². The van der Waals surface area contributed by atoms with E-state index in [0.29, 0.717) is 24.2 Å². The molecule has 1 atom stereocenters. The molecule has 150 valence electrons. The molecule has 2 amide bonds. The van der Waals surface area contributed by atoms with Crippen LogP contribution in [0.4, 0.5) is 11.4 Å². The van der Waals surface area contributed by atoms with Gasteiger partial charge in [0.05, 0.1) is 5.75 Å². The van der Waals surface area contributed by atoms with E-state index in [1.807, 2.05) is 6.92 Å². The van der Waals surface area contributed by atoms with Crippen molar-refractivity contribution in [2.45, 2.75) is 39.7 Å². The van der Waals surface area contributed by atoms with E-state index in [9.17, 15) is 22.8 Å². The molecule has 0 heterocycles. The summed E-state index contributed by atoms with van der Waals surface area (Å²) in [7, 11) is -3.58. The van der Waals surface area contributed by atoms with Gasteiger partial charge in [-0.25, -0.2) is 13.1 Å². The van der Waals surface area contributed by atoms with Crippen molar-refractivity contribution in [2.75, 3.05) is 23.0 Å². The van der Waals surface area contributed by atoms with Gasteiger partial charge in [0, 0.05) is 18.3 Å². The van der Waals surface area contributed by atoms with Crippen LogP contribution < -0.4 is 15.4 Å². The van der Waals surface area contributed by atoms with Crippen LogP contribution in [-0.2, 0) is 29.1 Å². The molecule has 10 heteroatoms. The van der Waals surface area contributed by atoms with E-state index in [0.717, 1.165) is 0 Å². The topological polar surface area (TPSA) is 131 Å². The van der Waals surface area contributed by atoms with Crippen molar-refractivity contribution in [3.05, 3.63) is 24.3 Å². The highest BCUT2D eigenvalue weighted by Crippen LogP contribution is 2.14. The average molecular weight is 399 g/mol. The Labute approximate surface area is 158 Å². The fraction of sp³-hybridized carbons (Fsp3) is 0.471. The summed E-state index contributed by atoms with van der Waals surface area (Å²) in [5, 5.41) is 5.10. The highest BCUT2D eigenvalue weighted by molar-refractivity contribution is 7.89. The predicted octanol–water partition coefficient (Wildman–Crippen LogP) is 1.23. The number of amides is 2. The zero-order chi connectivity index (χ0) is 20.4. The molecule has 0 aliphatic heterocycles. The van der Waals surface area contributed by atoms with Crippen LogP contribution in [0, 0.1) is 0 Å². The number of hydrogen-bond donors (Lipinski definition) is 3. The lowest BCUT2D eigenvalue weighted by atomic mass is 10.2. The Morgan fingerprint density at radius 3 is 2.37 bits per heavy atom. The minimum atomic E-state index is -3.58. The summed E-state index contributed by atoms with van der Waals surface area (Å²) in [6.07, 6.45) is 1.19. The van der Waals surface area contributed by atoms with Gasteiger partial charge in [-0.15, -0.1) is 0 Å². The SMILES string of the molecule is CCCCS(=O)(=O)N[C@@H](C)C(=O)OCC(=O)Nc1cccc(NC(C)=O)c1. The number of carbonyl (C=O) groups is 3. The molecular weight excluding hydrogens is 374 g/mol. The highest BCUT2D eigenvalue weighted by Gasteiger charge is 2.21. The van der Waals surface area contributed by atoms with E-state index in [2.05, 4.69) is 15.4 Å². The van der Waals surface area contributed by atoms with E-state index >= 15 is 0 Å². The summed E-state index contributed by atoms with van der Waals surface area (Å²) < 4.78 is 30.6. The fourth-order valence-electron chi connectivity index (χ4n) is 2.05. The van der Waals surface area contributed by atoms with E-state index in [-0.39, 0.29) is 11.7 Å². The van der Waals surface area contributed by atoms with Crippen molar-refractivity contribution >= 4 is 39.2 Å². The van der Waals surface area contributed by atoms with Crippen molar-refractivity contribution < 1.29 is 27.5 Å². The van der Waals surface area contributed by atoms with E-state index in [1.54, 1.807) is 24.3 Å². The van der Waals surface area contributed by atoms with Gasteiger partial charge in [-0.1, -0.05) is 19.4 Å². The third-order valence-corrected chi connectivity index (χ3v) is 4.83. The molecule has 9 nitrogen and oxygen atoms in total. The standard InChI is InChI=1S/C17H25N3O6S/c1-4-5-9-27(24,25)20-12(2)17(23)26-11-16(22)19-15-8-6-7-14(10-15)18-13(3)21/h6-8,10,12,20H,4-5,9,11H2,1-3H3,(H,18,21)(H,19,22)/t12-/m0/s1. The Morgan fingerprint density at radius 1 is 1.15 bits per heavy atom. The number of ether oxygens (including phenoxy) is 1. The summed E-state index contributed by atoms with van der Waals surface area (Å²) in [6, 6.07) is 5.35. The van der Waals surface area contributed by atoms with Gasteiger partial charge in [-0.05, 0) is 31.5 Å². The Bertz CT molecular complexity index is 779. The Hall–Kier alpha value is -2.46. The van der Waals surface area contributed by atoms with Gasteiger partial charge >= 0.3 is 5.97 Å². The first-order chi connectivity index (χ1) is 12.6.